The monoisotopic (exact) mass is 379 g/mol. The van der Waals surface area contributed by atoms with Gasteiger partial charge in [0.15, 0.2) is 6.04 Å². The SMILES string of the molecule is O=C1c2ccccc2C(=O)N1C1CC([n+]2cc(NC(=O)n3ccnc3)on2)C1. The second-order valence-electron chi connectivity index (χ2n) is 6.75. The number of anilines is 1. The quantitative estimate of drug-likeness (QED) is 0.541. The first kappa shape index (κ1) is 16.4. The number of rotatable bonds is 3. The number of amides is 3. The third-order valence-electron chi connectivity index (χ3n) is 5.11. The number of fused-ring (bicyclic) bond motifs is 1. The summed E-state index contributed by atoms with van der Waals surface area (Å²) in [6.45, 7) is 0. The number of aromatic nitrogens is 4. The van der Waals surface area contributed by atoms with Crippen LogP contribution in [0.25, 0.3) is 0 Å². The van der Waals surface area contributed by atoms with Crippen LogP contribution in [0.1, 0.15) is 39.6 Å². The van der Waals surface area contributed by atoms with Crippen molar-refractivity contribution in [3.05, 3.63) is 60.3 Å². The van der Waals surface area contributed by atoms with Gasteiger partial charge in [-0.3, -0.25) is 28.9 Å². The summed E-state index contributed by atoms with van der Waals surface area (Å²) in [6.07, 6.45) is 7.12. The number of carbonyl (C=O) groups is 3. The highest BCUT2D eigenvalue weighted by Crippen LogP contribution is 2.36. The van der Waals surface area contributed by atoms with Crippen LogP contribution in [0, 0.1) is 0 Å². The minimum absolute atomic E-state index is 0.0167. The number of hydrogen-bond donors (Lipinski definition) is 1. The summed E-state index contributed by atoms with van der Waals surface area (Å²) >= 11 is 0. The zero-order chi connectivity index (χ0) is 19.3. The van der Waals surface area contributed by atoms with Crippen molar-refractivity contribution in [2.24, 2.45) is 0 Å². The highest BCUT2D eigenvalue weighted by atomic mass is 16.5. The number of hydrogen-bond acceptors (Lipinski definition) is 6. The Balaban J connectivity index is 1.23. The van der Waals surface area contributed by atoms with Crippen LogP contribution in [0.2, 0.25) is 0 Å². The lowest BCUT2D eigenvalue weighted by molar-refractivity contribution is -0.794. The number of imide groups is 1. The van der Waals surface area contributed by atoms with Gasteiger partial charge in [0.05, 0.1) is 17.2 Å². The van der Waals surface area contributed by atoms with E-state index in [0.717, 1.165) is 0 Å². The number of nitrogens with zero attached hydrogens (tertiary/aromatic N) is 5. The molecule has 0 unspecified atom stereocenters. The Morgan fingerprint density at radius 3 is 2.54 bits per heavy atom. The number of carbonyl (C=O) groups excluding carboxylic acids is 3. The predicted molar refractivity (Wildman–Crippen MR) is 92.3 cm³/mol. The highest BCUT2D eigenvalue weighted by Gasteiger charge is 2.49. The van der Waals surface area contributed by atoms with E-state index in [9.17, 15) is 14.4 Å². The van der Waals surface area contributed by atoms with E-state index in [1.807, 2.05) is 0 Å². The van der Waals surface area contributed by atoms with Gasteiger partial charge in [0.25, 0.3) is 18.0 Å². The van der Waals surface area contributed by atoms with Crippen LogP contribution in [0.3, 0.4) is 0 Å². The maximum atomic E-state index is 12.5. The summed E-state index contributed by atoms with van der Waals surface area (Å²) in [4.78, 5) is 42.2. The Morgan fingerprint density at radius 2 is 1.89 bits per heavy atom. The summed E-state index contributed by atoms with van der Waals surface area (Å²) < 4.78 is 8.01. The molecule has 1 aliphatic carbocycles. The molecule has 5 rings (SSSR count). The lowest BCUT2D eigenvalue weighted by Gasteiger charge is -2.34. The molecule has 140 valence electrons. The van der Waals surface area contributed by atoms with E-state index in [1.165, 1.54) is 28.2 Å². The molecule has 1 fully saturated rings. The van der Waals surface area contributed by atoms with Gasteiger partial charge >= 0.3 is 11.9 Å². The lowest BCUT2D eigenvalue weighted by atomic mass is 9.85. The molecule has 1 N–H and O–H groups in total. The average Bonchev–Trinajstić information content (AvgIpc) is 3.39. The molecule has 10 nitrogen and oxygen atoms in total. The Kier molecular flexibility index (Phi) is 3.57. The van der Waals surface area contributed by atoms with Crippen molar-refractivity contribution in [1.82, 2.24) is 19.7 Å². The van der Waals surface area contributed by atoms with Gasteiger partial charge in [0.1, 0.15) is 6.33 Å². The van der Waals surface area contributed by atoms with Gasteiger partial charge in [-0.2, -0.15) is 0 Å². The van der Waals surface area contributed by atoms with E-state index in [-0.39, 0.29) is 29.8 Å². The summed E-state index contributed by atoms with van der Waals surface area (Å²) in [7, 11) is 0. The Labute approximate surface area is 158 Å². The van der Waals surface area contributed by atoms with Crippen molar-refractivity contribution in [2.75, 3.05) is 5.32 Å². The third kappa shape index (κ3) is 2.49. The molecule has 3 amide bonds. The molecule has 28 heavy (non-hydrogen) atoms. The molecule has 0 atom stereocenters. The molecule has 0 bridgehead atoms. The fraction of sp³-hybridized carbons (Fsp3) is 0.222. The van der Waals surface area contributed by atoms with Gasteiger partial charge in [-0.15, -0.1) is 0 Å². The van der Waals surface area contributed by atoms with E-state index in [4.69, 9.17) is 4.52 Å². The van der Waals surface area contributed by atoms with Crippen LogP contribution in [0.4, 0.5) is 10.7 Å². The Hall–Kier alpha value is -3.82. The van der Waals surface area contributed by atoms with Gasteiger partial charge in [0, 0.05) is 25.2 Å². The normalized spacial score (nSPS) is 20.8. The standard InChI is InChI=1S/C18H14N6O4/c25-16-13-3-1-2-4-14(13)17(26)24(16)12-7-11(8-12)23-9-15(28-21-23)20-18(27)22-6-5-19-10-22/h1-6,9-12H,7-8H2/p+1. The van der Waals surface area contributed by atoms with Crippen LogP contribution in [0.15, 0.2) is 53.7 Å². The van der Waals surface area contributed by atoms with E-state index >= 15 is 0 Å². The summed E-state index contributed by atoms with van der Waals surface area (Å²) in [5, 5.41) is 6.50. The highest BCUT2D eigenvalue weighted by molar-refractivity contribution is 6.21. The van der Waals surface area contributed by atoms with Crippen LogP contribution >= 0.6 is 0 Å². The minimum Gasteiger partial charge on any atom is -0.282 e. The zero-order valence-corrected chi connectivity index (χ0v) is 14.6. The number of nitrogens with one attached hydrogen (secondary N) is 1. The second kappa shape index (κ2) is 6.12. The first-order valence-electron chi connectivity index (χ1n) is 8.76. The molecule has 2 aromatic heterocycles. The fourth-order valence-electron chi connectivity index (χ4n) is 3.56. The summed E-state index contributed by atoms with van der Waals surface area (Å²) in [5.74, 6) is -0.298. The van der Waals surface area contributed by atoms with Crippen LogP contribution in [0.5, 0.6) is 0 Å². The molecular weight excluding hydrogens is 364 g/mol. The van der Waals surface area contributed by atoms with Gasteiger partial charge in [-0.05, 0) is 16.8 Å². The molecule has 1 aromatic carbocycles. The zero-order valence-electron chi connectivity index (χ0n) is 14.6. The maximum absolute atomic E-state index is 12.5. The molecule has 3 aromatic rings. The average molecular weight is 379 g/mol. The van der Waals surface area contributed by atoms with Gasteiger partial charge < -0.3 is 0 Å². The van der Waals surface area contributed by atoms with E-state index in [2.05, 4.69) is 15.6 Å². The first-order valence-corrected chi connectivity index (χ1v) is 8.76. The van der Waals surface area contributed by atoms with Crippen molar-refractivity contribution in [3.8, 4) is 0 Å². The second-order valence-corrected chi connectivity index (χ2v) is 6.75. The minimum atomic E-state index is -0.418. The van der Waals surface area contributed by atoms with Gasteiger partial charge in [0.2, 0.25) is 5.27 Å². The molecule has 10 heteroatoms. The Morgan fingerprint density at radius 1 is 1.18 bits per heavy atom. The van der Waals surface area contributed by atoms with Gasteiger partial charge in [-0.1, -0.05) is 12.1 Å². The number of benzene rings is 1. The topological polar surface area (TPSA) is 114 Å². The van der Waals surface area contributed by atoms with Crippen molar-refractivity contribution in [2.45, 2.75) is 24.9 Å². The molecule has 0 spiro atoms. The van der Waals surface area contributed by atoms with E-state index in [0.29, 0.717) is 24.0 Å². The lowest BCUT2D eigenvalue weighted by Crippen LogP contribution is -2.56. The van der Waals surface area contributed by atoms with E-state index < -0.39 is 6.03 Å². The van der Waals surface area contributed by atoms with Gasteiger partial charge in [-0.25, -0.2) is 9.78 Å². The van der Waals surface area contributed by atoms with Crippen LogP contribution in [-0.4, -0.2) is 43.6 Å². The largest absolute Gasteiger partial charge is 0.333 e. The van der Waals surface area contributed by atoms with Crippen molar-refractivity contribution in [1.29, 1.82) is 0 Å². The van der Waals surface area contributed by atoms with E-state index in [1.54, 1.807) is 35.1 Å². The van der Waals surface area contributed by atoms with Crippen molar-refractivity contribution >= 4 is 23.7 Å². The smallest absolute Gasteiger partial charge is 0.282 e. The molecular formula is C18H15N6O4+. The van der Waals surface area contributed by atoms with Crippen molar-refractivity contribution < 1.29 is 23.6 Å². The molecule has 0 radical (unpaired) electrons. The fourth-order valence-corrected chi connectivity index (χ4v) is 3.56. The van der Waals surface area contributed by atoms with Crippen LogP contribution < -0.4 is 10.00 Å². The third-order valence-corrected chi connectivity index (χ3v) is 5.11. The molecule has 1 aliphatic heterocycles. The summed E-state index contributed by atoms with van der Waals surface area (Å²) in [6, 6.07) is 6.24. The molecule has 1 saturated carbocycles. The first-order chi connectivity index (χ1) is 13.6. The number of imidazole rings is 1. The molecule has 3 heterocycles. The maximum Gasteiger partial charge on any atom is 0.333 e. The summed E-state index contributed by atoms with van der Waals surface area (Å²) in [5.41, 5.74) is 0.907. The predicted octanol–water partition coefficient (Wildman–Crippen LogP) is 1.24. The molecule has 2 aliphatic rings. The molecule has 0 saturated heterocycles. The van der Waals surface area contributed by atoms with Crippen LogP contribution in [-0.2, 0) is 0 Å². The van der Waals surface area contributed by atoms with Crippen molar-refractivity contribution in [3.63, 3.8) is 0 Å². The Bertz CT molecular complexity index is 1050.